The summed E-state index contributed by atoms with van der Waals surface area (Å²) in [6, 6.07) is 3.43. The predicted octanol–water partition coefficient (Wildman–Crippen LogP) is 2.85. The van der Waals surface area contributed by atoms with E-state index < -0.39 is 5.60 Å². The molecule has 1 aliphatic carbocycles. The number of thioether (sulfide) groups is 1. The molecule has 5 nitrogen and oxygen atoms in total. The number of aliphatic hydroxyl groups is 1. The lowest BCUT2D eigenvalue weighted by atomic mass is 9.95. The van der Waals surface area contributed by atoms with E-state index in [4.69, 9.17) is 4.42 Å². The van der Waals surface area contributed by atoms with Gasteiger partial charge in [-0.1, -0.05) is 13.3 Å². The molecule has 2 amide bonds. The number of carbonyl (C=O) groups is 1. The number of amides is 2. The van der Waals surface area contributed by atoms with Crippen molar-refractivity contribution < 1.29 is 14.3 Å². The van der Waals surface area contributed by atoms with Gasteiger partial charge in [0.2, 0.25) is 0 Å². The maximum atomic E-state index is 12.0. The van der Waals surface area contributed by atoms with Crippen LogP contribution in [-0.2, 0) is 5.60 Å². The van der Waals surface area contributed by atoms with Crippen LogP contribution in [0.25, 0.3) is 0 Å². The summed E-state index contributed by atoms with van der Waals surface area (Å²) >= 11 is 1.97. The van der Waals surface area contributed by atoms with Gasteiger partial charge in [-0.25, -0.2) is 4.79 Å². The molecule has 1 heterocycles. The average Bonchev–Trinajstić information content (AvgIpc) is 3.01. The molecular weight excluding hydrogens is 300 g/mol. The highest BCUT2D eigenvalue weighted by molar-refractivity contribution is 7.99. The van der Waals surface area contributed by atoms with E-state index in [1.807, 2.05) is 11.8 Å². The second-order valence-electron chi connectivity index (χ2n) is 6.02. The van der Waals surface area contributed by atoms with E-state index >= 15 is 0 Å². The van der Waals surface area contributed by atoms with E-state index in [0.29, 0.717) is 11.0 Å². The molecule has 0 aromatic carbocycles. The zero-order valence-electron chi connectivity index (χ0n) is 13.3. The second kappa shape index (κ2) is 7.92. The number of hydrogen-bond acceptors (Lipinski definition) is 4. The first kappa shape index (κ1) is 17.2. The Labute approximate surface area is 136 Å². The van der Waals surface area contributed by atoms with Crippen LogP contribution in [0, 0.1) is 0 Å². The van der Waals surface area contributed by atoms with E-state index in [0.717, 1.165) is 25.0 Å². The van der Waals surface area contributed by atoms with Gasteiger partial charge in [0.05, 0.1) is 12.8 Å². The quantitative estimate of drug-likeness (QED) is 0.751. The summed E-state index contributed by atoms with van der Waals surface area (Å²) in [7, 11) is 0. The topological polar surface area (TPSA) is 74.5 Å². The van der Waals surface area contributed by atoms with Gasteiger partial charge in [0.15, 0.2) is 0 Å². The third kappa shape index (κ3) is 4.95. The molecule has 0 radical (unpaired) electrons. The molecule has 3 N–H and O–H groups in total. The third-order valence-corrected chi connectivity index (χ3v) is 5.24. The molecule has 0 bridgehead atoms. The molecule has 1 aromatic heterocycles. The summed E-state index contributed by atoms with van der Waals surface area (Å²) in [6.45, 7) is 3.91. The lowest BCUT2D eigenvalue weighted by Gasteiger charge is -2.29. The largest absolute Gasteiger partial charge is 0.466 e. The van der Waals surface area contributed by atoms with Crippen LogP contribution in [0.4, 0.5) is 4.79 Å². The highest BCUT2D eigenvalue weighted by atomic mass is 32.2. The first-order chi connectivity index (χ1) is 10.5. The van der Waals surface area contributed by atoms with Crippen LogP contribution >= 0.6 is 11.8 Å². The Balaban J connectivity index is 1.76. The first-order valence-corrected chi connectivity index (χ1v) is 8.98. The second-order valence-corrected chi connectivity index (χ2v) is 7.60. The van der Waals surface area contributed by atoms with E-state index in [-0.39, 0.29) is 18.6 Å². The molecule has 2 rings (SSSR count). The minimum absolute atomic E-state index is 0.117. The van der Waals surface area contributed by atoms with E-state index in [2.05, 4.69) is 17.6 Å². The monoisotopic (exact) mass is 326 g/mol. The molecule has 0 spiro atoms. The molecule has 1 aliphatic rings. The molecular formula is C16H26N2O3S. The average molecular weight is 326 g/mol. The van der Waals surface area contributed by atoms with Gasteiger partial charge < -0.3 is 20.2 Å². The lowest BCUT2D eigenvalue weighted by Crippen LogP contribution is -2.48. The molecule has 1 aromatic rings. The van der Waals surface area contributed by atoms with E-state index in [1.165, 1.54) is 12.7 Å². The molecule has 124 valence electrons. The minimum Gasteiger partial charge on any atom is -0.466 e. The van der Waals surface area contributed by atoms with Gasteiger partial charge in [0.25, 0.3) is 0 Å². The van der Waals surface area contributed by atoms with Gasteiger partial charge in [0, 0.05) is 11.3 Å². The molecule has 1 saturated carbocycles. The summed E-state index contributed by atoms with van der Waals surface area (Å²) in [5, 5.41) is 16.7. The normalized spacial score (nSPS) is 24.5. The summed E-state index contributed by atoms with van der Waals surface area (Å²) in [4.78, 5) is 12.0. The highest BCUT2D eigenvalue weighted by Crippen LogP contribution is 2.28. The Morgan fingerprint density at radius 1 is 1.55 bits per heavy atom. The smallest absolute Gasteiger partial charge is 0.315 e. The first-order valence-electron chi connectivity index (χ1n) is 7.93. The van der Waals surface area contributed by atoms with Crippen molar-refractivity contribution in [1.29, 1.82) is 0 Å². The Morgan fingerprint density at radius 2 is 2.36 bits per heavy atom. The number of furan rings is 1. The molecule has 22 heavy (non-hydrogen) atoms. The molecule has 0 aliphatic heterocycles. The van der Waals surface area contributed by atoms with Crippen molar-refractivity contribution in [2.75, 3.05) is 12.3 Å². The molecule has 3 unspecified atom stereocenters. The Kier molecular flexibility index (Phi) is 6.20. The van der Waals surface area contributed by atoms with E-state index in [1.54, 1.807) is 19.1 Å². The summed E-state index contributed by atoms with van der Waals surface area (Å²) in [6.07, 6.45) is 5.97. The van der Waals surface area contributed by atoms with Crippen LogP contribution in [0.3, 0.4) is 0 Å². The predicted molar refractivity (Wildman–Crippen MR) is 89.0 cm³/mol. The van der Waals surface area contributed by atoms with Crippen molar-refractivity contribution >= 4 is 17.8 Å². The fraction of sp³-hybridized carbons (Fsp3) is 0.688. The molecule has 6 heteroatoms. The number of hydrogen-bond donors (Lipinski definition) is 3. The summed E-state index contributed by atoms with van der Waals surface area (Å²) in [5.74, 6) is 1.57. The van der Waals surface area contributed by atoms with Gasteiger partial charge in [-0.2, -0.15) is 11.8 Å². The van der Waals surface area contributed by atoms with Crippen LogP contribution < -0.4 is 10.6 Å². The number of nitrogens with one attached hydrogen (secondary N) is 2. The van der Waals surface area contributed by atoms with Crippen LogP contribution in [-0.4, -0.2) is 34.7 Å². The van der Waals surface area contributed by atoms with Crippen LogP contribution in [0.1, 0.15) is 45.3 Å². The third-order valence-electron chi connectivity index (χ3n) is 4.01. The van der Waals surface area contributed by atoms with Crippen molar-refractivity contribution in [3.8, 4) is 0 Å². The fourth-order valence-corrected chi connectivity index (χ4v) is 4.00. The van der Waals surface area contributed by atoms with Crippen LogP contribution in [0.2, 0.25) is 0 Å². The van der Waals surface area contributed by atoms with Crippen LogP contribution in [0.15, 0.2) is 22.8 Å². The molecule has 1 fully saturated rings. The maximum Gasteiger partial charge on any atom is 0.315 e. The SMILES string of the molecule is CCSC1CCCC(NC(=O)NCC(C)(O)c2ccco2)C1. The van der Waals surface area contributed by atoms with Gasteiger partial charge in [-0.05, 0) is 44.1 Å². The van der Waals surface area contributed by atoms with Crippen molar-refractivity contribution in [3.63, 3.8) is 0 Å². The number of rotatable bonds is 6. The van der Waals surface area contributed by atoms with Gasteiger partial charge in [0.1, 0.15) is 11.4 Å². The van der Waals surface area contributed by atoms with Crippen molar-refractivity contribution in [2.24, 2.45) is 0 Å². The molecule has 3 atom stereocenters. The number of carbonyl (C=O) groups excluding carboxylic acids is 1. The van der Waals surface area contributed by atoms with Gasteiger partial charge in [-0.15, -0.1) is 0 Å². The Hall–Kier alpha value is -1.14. The zero-order chi connectivity index (χ0) is 16.0. The minimum atomic E-state index is -1.20. The summed E-state index contributed by atoms with van der Waals surface area (Å²) < 4.78 is 5.20. The maximum absolute atomic E-state index is 12.0. The van der Waals surface area contributed by atoms with Crippen molar-refractivity contribution in [3.05, 3.63) is 24.2 Å². The van der Waals surface area contributed by atoms with Gasteiger partial charge >= 0.3 is 6.03 Å². The summed E-state index contributed by atoms with van der Waals surface area (Å²) in [5.41, 5.74) is -1.20. The Morgan fingerprint density at radius 3 is 3.05 bits per heavy atom. The molecule has 0 saturated heterocycles. The van der Waals surface area contributed by atoms with E-state index in [9.17, 15) is 9.90 Å². The Bertz CT molecular complexity index is 460. The lowest BCUT2D eigenvalue weighted by molar-refractivity contribution is 0.0366. The number of urea groups is 1. The van der Waals surface area contributed by atoms with Crippen molar-refractivity contribution in [1.82, 2.24) is 10.6 Å². The van der Waals surface area contributed by atoms with Crippen molar-refractivity contribution in [2.45, 2.75) is 56.4 Å². The zero-order valence-corrected chi connectivity index (χ0v) is 14.1. The van der Waals surface area contributed by atoms with Crippen LogP contribution in [0.5, 0.6) is 0 Å². The standard InChI is InChI=1S/C16H26N2O3S/c1-3-22-13-7-4-6-12(10-13)18-15(19)17-11-16(2,20)14-8-5-9-21-14/h5,8-9,12-13,20H,3-4,6-7,10-11H2,1-2H3,(H2,17,18,19). The fourth-order valence-electron chi connectivity index (χ4n) is 2.82. The highest BCUT2D eigenvalue weighted by Gasteiger charge is 2.28. The van der Waals surface area contributed by atoms with Gasteiger partial charge in [-0.3, -0.25) is 0 Å².